The third kappa shape index (κ3) is 8.45. The number of nitrogens with one attached hydrogen (secondary N) is 1. The lowest BCUT2D eigenvalue weighted by Crippen LogP contribution is -2.36. The Bertz CT molecular complexity index is 539. The number of anilines is 1. The van der Waals surface area contributed by atoms with Crippen LogP contribution >= 0.6 is 24.8 Å². The molecule has 1 fully saturated rings. The lowest BCUT2D eigenvalue weighted by Gasteiger charge is -2.20. The predicted molar refractivity (Wildman–Crippen MR) is 115 cm³/mol. The smallest absolute Gasteiger partial charge is 0.220 e. The number of amides is 1. The number of benzene rings is 1. The number of halogens is 2. The second-order valence-electron chi connectivity index (χ2n) is 6.52. The minimum Gasteiger partial charge on any atom is -0.497 e. The number of nitrogens with zero attached hydrogens (tertiary/aromatic N) is 1. The summed E-state index contributed by atoms with van der Waals surface area (Å²) in [4.78, 5) is 14.3. The van der Waals surface area contributed by atoms with Crippen LogP contribution in [0.4, 0.5) is 5.69 Å². The largest absolute Gasteiger partial charge is 0.497 e. The number of hydrogen-bond acceptors (Lipinski definition) is 5. The lowest BCUT2D eigenvalue weighted by atomic mass is 10.1. The van der Waals surface area contributed by atoms with E-state index in [-0.39, 0.29) is 36.8 Å². The number of carbonyl (C=O) groups is 1. The Morgan fingerprint density at radius 2 is 1.74 bits per heavy atom. The summed E-state index contributed by atoms with van der Waals surface area (Å²) >= 11 is 0. The first-order chi connectivity index (χ1) is 12.2. The van der Waals surface area contributed by atoms with E-state index in [2.05, 4.69) is 10.2 Å². The Morgan fingerprint density at radius 3 is 2.33 bits per heavy atom. The molecule has 1 aliphatic heterocycles. The maximum absolute atomic E-state index is 12.1. The van der Waals surface area contributed by atoms with Gasteiger partial charge in [-0.15, -0.1) is 24.8 Å². The van der Waals surface area contributed by atoms with Crippen molar-refractivity contribution in [1.82, 2.24) is 5.32 Å². The molecule has 1 saturated heterocycles. The number of ether oxygens (including phenoxy) is 2. The van der Waals surface area contributed by atoms with E-state index in [0.29, 0.717) is 6.42 Å². The Morgan fingerprint density at radius 1 is 1.11 bits per heavy atom. The van der Waals surface area contributed by atoms with Crippen LogP contribution in [0.25, 0.3) is 0 Å². The molecule has 0 bridgehead atoms. The summed E-state index contributed by atoms with van der Waals surface area (Å²) in [7, 11) is 3.30. The van der Waals surface area contributed by atoms with Gasteiger partial charge in [0.15, 0.2) is 0 Å². The van der Waals surface area contributed by atoms with Crippen LogP contribution in [0, 0.1) is 0 Å². The van der Waals surface area contributed by atoms with Gasteiger partial charge in [0, 0.05) is 49.4 Å². The zero-order chi connectivity index (χ0) is 18.1. The monoisotopic (exact) mass is 421 g/mol. The topological polar surface area (TPSA) is 76.8 Å². The van der Waals surface area contributed by atoms with Crippen LogP contribution in [0.1, 0.15) is 38.5 Å². The third-order valence-corrected chi connectivity index (χ3v) is 4.61. The Hall–Kier alpha value is -1.37. The van der Waals surface area contributed by atoms with Gasteiger partial charge in [0.1, 0.15) is 11.5 Å². The van der Waals surface area contributed by atoms with Crippen LogP contribution < -0.4 is 25.4 Å². The van der Waals surface area contributed by atoms with Gasteiger partial charge < -0.3 is 25.4 Å². The Kier molecular flexibility index (Phi) is 13.0. The number of unbranched alkanes of at least 4 members (excludes halogenated alkanes) is 3. The van der Waals surface area contributed by atoms with E-state index in [1.165, 1.54) is 0 Å². The highest BCUT2D eigenvalue weighted by molar-refractivity contribution is 5.85. The molecule has 0 saturated carbocycles. The molecule has 6 nitrogen and oxygen atoms in total. The fraction of sp³-hybridized carbons (Fsp3) is 0.632. The van der Waals surface area contributed by atoms with Gasteiger partial charge in [0.05, 0.1) is 14.2 Å². The van der Waals surface area contributed by atoms with Crippen molar-refractivity contribution in [2.24, 2.45) is 5.73 Å². The summed E-state index contributed by atoms with van der Waals surface area (Å²) in [6, 6.07) is 6.08. The molecule has 1 aromatic rings. The van der Waals surface area contributed by atoms with Crippen LogP contribution in [0.5, 0.6) is 11.5 Å². The molecule has 8 heteroatoms. The minimum atomic E-state index is 0. The highest BCUT2D eigenvalue weighted by Crippen LogP contribution is 2.30. The van der Waals surface area contributed by atoms with E-state index in [9.17, 15) is 4.79 Å². The van der Waals surface area contributed by atoms with Gasteiger partial charge >= 0.3 is 0 Å². The van der Waals surface area contributed by atoms with E-state index in [1.54, 1.807) is 14.2 Å². The SMILES string of the molecule is COc1cc(OC)cc(N2CCC(NC(=O)CCCCCCN)C2)c1.Cl.Cl. The van der Waals surface area contributed by atoms with Gasteiger partial charge in [-0.2, -0.15) is 0 Å². The van der Waals surface area contributed by atoms with E-state index in [4.69, 9.17) is 15.2 Å². The van der Waals surface area contributed by atoms with Gasteiger partial charge in [0.25, 0.3) is 0 Å². The average Bonchev–Trinajstić information content (AvgIpc) is 3.09. The van der Waals surface area contributed by atoms with E-state index >= 15 is 0 Å². The van der Waals surface area contributed by atoms with Gasteiger partial charge in [0.2, 0.25) is 5.91 Å². The summed E-state index contributed by atoms with van der Waals surface area (Å²) in [6.45, 7) is 2.46. The lowest BCUT2D eigenvalue weighted by molar-refractivity contribution is -0.121. The highest BCUT2D eigenvalue weighted by Gasteiger charge is 2.24. The molecule has 1 unspecified atom stereocenters. The van der Waals surface area contributed by atoms with Gasteiger partial charge in [-0.1, -0.05) is 12.8 Å². The number of carbonyl (C=O) groups excluding carboxylic acids is 1. The first kappa shape index (κ1) is 25.6. The molecule has 1 aliphatic rings. The maximum atomic E-state index is 12.1. The van der Waals surface area contributed by atoms with E-state index in [0.717, 1.165) is 68.9 Å². The molecule has 0 radical (unpaired) electrons. The maximum Gasteiger partial charge on any atom is 0.220 e. The first-order valence-electron chi connectivity index (χ1n) is 9.13. The van der Waals surface area contributed by atoms with E-state index < -0.39 is 0 Å². The summed E-state index contributed by atoms with van der Waals surface area (Å²) in [5, 5.41) is 3.16. The molecule has 0 aromatic heterocycles. The molecule has 1 atom stereocenters. The molecule has 2 rings (SSSR count). The van der Waals surface area contributed by atoms with Crippen molar-refractivity contribution in [1.29, 1.82) is 0 Å². The average molecular weight is 422 g/mol. The molecular weight excluding hydrogens is 389 g/mol. The molecule has 1 aromatic carbocycles. The van der Waals surface area contributed by atoms with Gasteiger partial charge in [-0.3, -0.25) is 4.79 Å². The molecule has 1 heterocycles. The minimum absolute atomic E-state index is 0. The summed E-state index contributed by atoms with van der Waals surface area (Å²) in [5.41, 5.74) is 6.54. The standard InChI is InChI=1S/C19H31N3O3.2ClH/c1-24-17-11-16(12-18(13-17)25-2)22-10-8-15(14-22)21-19(23)7-5-3-4-6-9-20;;/h11-13,15H,3-10,14,20H2,1-2H3,(H,21,23);2*1H. The van der Waals surface area contributed by atoms with Crippen LogP contribution in [-0.4, -0.2) is 45.8 Å². The summed E-state index contributed by atoms with van der Waals surface area (Å²) in [6.07, 6.45) is 5.73. The summed E-state index contributed by atoms with van der Waals surface area (Å²) < 4.78 is 10.7. The predicted octanol–water partition coefficient (Wildman–Crippen LogP) is 3.15. The van der Waals surface area contributed by atoms with Crippen molar-refractivity contribution in [2.75, 3.05) is 38.8 Å². The number of rotatable bonds is 10. The Balaban J connectivity index is 0.00000338. The van der Waals surface area contributed by atoms with Crippen molar-refractivity contribution in [3.8, 4) is 11.5 Å². The van der Waals surface area contributed by atoms with Crippen LogP contribution in [-0.2, 0) is 4.79 Å². The van der Waals surface area contributed by atoms with Gasteiger partial charge in [-0.05, 0) is 25.8 Å². The van der Waals surface area contributed by atoms with Crippen LogP contribution in [0.2, 0.25) is 0 Å². The van der Waals surface area contributed by atoms with Crippen molar-refractivity contribution in [2.45, 2.75) is 44.6 Å². The number of methoxy groups -OCH3 is 2. The molecule has 3 N–H and O–H groups in total. The Labute approximate surface area is 175 Å². The summed E-state index contributed by atoms with van der Waals surface area (Å²) in [5.74, 6) is 1.71. The molecule has 1 amide bonds. The van der Waals surface area contributed by atoms with Crippen molar-refractivity contribution in [3.05, 3.63) is 18.2 Å². The molecule has 27 heavy (non-hydrogen) atoms. The quantitative estimate of drug-likeness (QED) is 0.567. The highest BCUT2D eigenvalue weighted by atomic mass is 35.5. The van der Waals surface area contributed by atoms with Gasteiger partial charge in [-0.25, -0.2) is 0 Å². The van der Waals surface area contributed by atoms with Crippen LogP contribution in [0.15, 0.2) is 18.2 Å². The van der Waals surface area contributed by atoms with Crippen molar-refractivity contribution >= 4 is 36.4 Å². The fourth-order valence-corrected chi connectivity index (χ4v) is 3.17. The zero-order valence-electron chi connectivity index (χ0n) is 16.2. The third-order valence-electron chi connectivity index (χ3n) is 4.61. The second kappa shape index (κ2) is 13.7. The molecule has 0 spiro atoms. The molecule has 0 aliphatic carbocycles. The fourth-order valence-electron chi connectivity index (χ4n) is 3.17. The molecular formula is C19H33Cl2N3O3. The van der Waals surface area contributed by atoms with Crippen molar-refractivity contribution in [3.63, 3.8) is 0 Å². The number of hydrogen-bond donors (Lipinski definition) is 2. The number of nitrogens with two attached hydrogens (primary N) is 1. The zero-order valence-corrected chi connectivity index (χ0v) is 17.9. The normalized spacial score (nSPS) is 15.5. The first-order valence-corrected chi connectivity index (χ1v) is 9.13. The van der Waals surface area contributed by atoms with Crippen molar-refractivity contribution < 1.29 is 14.3 Å². The molecule has 156 valence electrons. The second-order valence-corrected chi connectivity index (χ2v) is 6.52. The van der Waals surface area contributed by atoms with E-state index in [1.807, 2.05) is 18.2 Å². The van der Waals surface area contributed by atoms with Crippen LogP contribution in [0.3, 0.4) is 0 Å².